The van der Waals surface area contributed by atoms with Crippen LogP contribution in [0.5, 0.6) is 11.5 Å². The van der Waals surface area contributed by atoms with Gasteiger partial charge in [-0.3, -0.25) is 9.48 Å². The van der Waals surface area contributed by atoms with Gasteiger partial charge >= 0.3 is 0 Å². The lowest BCUT2D eigenvalue weighted by molar-refractivity contribution is 0.0946. The van der Waals surface area contributed by atoms with Gasteiger partial charge in [0.05, 0.1) is 19.9 Å². The normalized spacial score (nSPS) is 10.6. The van der Waals surface area contributed by atoms with Gasteiger partial charge in [-0.15, -0.1) is 0 Å². The van der Waals surface area contributed by atoms with Crippen LogP contribution in [0.4, 0.5) is 11.6 Å². The van der Waals surface area contributed by atoms with Crippen molar-refractivity contribution in [3.05, 3.63) is 41.9 Å². The number of aromatic nitrogens is 4. The van der Waals surface area contributed by atoms with Crippen molar-refractivity contribution in [2.75, 3.05) is 51.6 Å². The average Bonchev–Trinajstić information content (AvgIpc) is 3.17. The van der Waals surface area contributed by atoms with Crippen LogP contribution in [0.25, 0.3) is 11.3 Å². The molecule has 2 aromatic heterocycles. The molecule has 1 amide bonds. The third-order valence-electron chi connectivity index (χ3n) is 4.79. The zero-order valence-electron chi connectivity index (χ0n) is 19.3. The molecule has 0 bridgehead atoms. The Morgan fingerprint density at radius 2 is 1.88 bits per heavy atom. The molecule has 0 spiro atoms. The lowest BCUT2D eigenvalue weighted by atomic mass is 10.1. The first-order valence-corrected chi connectivity index (χ1v) is 10.1. The molecule has 170 valence electrons. The van der Waals surface area contributed by atoms with Gasteiger partial charge in [-0.1, -0.05) is 0 Å². The molecule has 32 heavy (non-hydrogen) atoms. The second-order valence-corrected chi connectivity index (χ2v) is 7.34. The Morgan fingerprint density at radius 3 is 2.56 bits per heavy atom. The van der Waals surface area contributed by atoms with Gasteiger partial charge in [-0.05, 0) is 31.2 Å². The number of methoxy groups -OCH3 is 2. The summed E-state index contributed by atoms with van der Waals surface area (Å²) in [7, 11) is 8.77. The molecule has 1 aromatic carbocycles. The molecule has 0 saturated carbocycles. The lowest BCUT2D eigenvalue weighted by Crippen LogP contribution is -2.30. The maximum Gasteiger partial charge on any atom is 0.269 e. The molecular formula is C22H29N7O3. The number of nitrogens with zero attached hydrogens (tertiary/aromatic N) is 5. The Bertz CT molecular complexity index is 1100. The van der Waals surface area contributed by atoms with Gasteiger partial charge in [-0.2, -0.15) is 5.10 Å². The molecule has 0 unspecified atom stereocenters. The number of ether oxygens (including phenoxy) is 2. The Hall–Kier alpha value is -3.82. The minimum Gasteiger partial charge on any atom is -0.497 e. The number of benzene rings is 1. The van der Waals surface area contributed by atoms with Crippen molar-refractivity contribution >= 4 is 17.5 Å². The minimum atomic E-state index is -0.220. The molecule has 2 heterocycles. The summed E-state index contributed by atoms with van der Waals surface area (Å²) in [6.07, 6.45) is 0. The number of hydrogen-bond donors (Lipinski definition) is 2. The number of hydrogen-bond acceptors (Lipinski definition) is 8. The Morgan fingerprint density at radius 1 is 1.09 bits per heavy atom. The van der Waals surface area contributed by atoms with E-state index in [2.05, 4.69) is 25.7 Å². The van der Waals surface area contributed by atoms with Crippen LogP contribution in [0, 0.1) is 6.92 Å². The van der Waals surface area contributed by atoms with Crippen molar-refractivity contribution < 1.29 is 14.3 Å². The summed E-state index contributed by atoms with van der Waals surface area (Å²) in [5.41, 5.74) is 1.82. The number of carbonyl (C=O) groups excluding carboxylic acids is 1. The van der Waals surface area contributed by atoms with Crippen LogP contribution in [0.15, 0.2) is 30.3 Å². The monoisotopic (exact) mass is 439 g/mol. The average molecular weight is 440 g/mol. The standard InChI is InChI=1S/C22H29N7O3/c1-14-25-20(13-21(26-14)28(2)3)23-9-10-24-22(30)18-12-17(27-29(18)4)16-11-15(31-5)7-8-19(16)32-6/h7-8,11-13H,9-10H2,1-6H3,(H,24,30)(H,23,25,26). The Balaban J connectivity index is 1.64. The van der Waals surface area contributed by atoms with E-state index in [-0.39, 0.29) is 5.91 Å². The van der Waals surface area contributed by atoms with Crippen molar-refractivity contribution in [2.45, 2.75) is 6.92 Å². The number of aryl methyl sites for hydroxylation is 2. The van der Waals surface area contributed by atoms with Crippen LogP contribution >= 0.6 is 0 Å². The highest BCUT2D eigenvalue weighted by molar-refractivity contribution is 5.94. The van der Waals surface area contributed by atoms with Crippen molar-refractivity contribution in [1.82, 2.24) is 25.1 Å². The highest BCUT2D eigenvalue weighted by Gasteiger charge is 2.17. The summed E-state index contributed by atoms with van der Waals surface area (Å²) in [5.74, 6) is 3.32. The number of nitrogens with one attached hydrogen (secondary N) is 2. The van der Waals surface area contributed by atoms with Gasteiger partial charge in [0, 0.05) is 45.9 Å². The lowest BCUT2D eigenvalue weighted by Gasteiger charge is -2.14. The van der Waals surface area contributed by atoms with Gasteiger partial charge < -0.3 is 25.0 Å². The summed E-state index contributed by atoms with van der Waals surface area (Å²) in [4.78, 5) is 23.4. The van der Waals surface area contributed by atoms with Crippen molar-refractivity contribution in [3.63, 3.8) is 0 Å². The number of amides is 1. The zero-order valence-corrected chi connectivity index (χ0v) is 19.3. The minimum absolute atomic E-state index is 0.220. The zero-order chi connectivity index (χ0) is 23.3. The van der Waals surface area contributed by atoms with Crippen molar-refractivity contribution in [1.29, 1.82) is 0 Å². The first kappa shape index (κ1) is 22.9. The molecule has 0 saturated heterocycles. The van der Waals surface area contributed by atoms with Gasteiger partial charge in [-0.25, -0.2) is 9.97 Å². The van der Waals surface area contributed by atoms with E-state index in [1.54, 1.807) is 32.0 Å². The van der Waals surface area contributed by atoms with Crippen LogP contribution in [0.1, 0.15) is 16.3 Å². The van der Waals surface area contributed by atoms with Crippen LogP contribution in [-0.4, -0.2) is 67.1 Å². The molecule has 10 heteroatoms. The highest BCUT2D eigenvalue weighted by Crippen LogP contribution is 2.32. The van der Waals surface area contributed by atoms with E-state index in [1.807, 2.05) is 50.2 Å². The van der Waals surface area contributed by atoms with E-state index >= 15 is 0 Å². The third kappa shape index (κ3) is 5.26. The smallest absolute Gasteiger partial charge is 0.269 e. The summed E-state index contributed by atoms with van der Waals surface area (Å²) in [6, 6.07) is 9.05. The highest BCUT2D eigenvalue weighted by atomic mass is 16.5. The van der Waals surface area contributed by atoms with E-state index in [1.165, 1.54) is 0 Å². The van der Waals surface area contributed by atoms with Crippen LogP contribution in [-0.2, 0) is 7.05 Å². The van der Waals surface area contributed by atoms with Crippen LogP contribution in [0.3, 0.4) is 0 Å². The van der Waals surface area contributed by atoms with E-state index in [9.17, 15) is 4.79 Å². The van der Waals surface area contributed by atoms with E-state index < -0.39 is 0 Å². The van der Waals surface area contributed by atoms with Gasteiger partial charge in [0.1, 0.15) is 34.7 Å². The van der Waals surface area contributed by atoms with E-state index in [4.69, 9.17) is 9.47 Å². The van der Waals surface area contributed by atoms with Crippen molar-refractivity contribution in [2.24, 2.45) is 7.05 Å². The molecule has 0 atom stereocenters. The number of anilines is 2. The SMILES string of the molecule is COc1ccc(OC)c(-c2cc(C(=O)NCCNc3cc(N(C)C)nc(C)n3)n(C)n2)c1. The maximum atomic E-state index is 12.7. The topological polar surface area (TPSA) is 106 Å². The van der Waals surface area contributed by atoms with Gasteiger partial charge in [0.2, 0.25) is 0 Å². The number of carbonyl (C=O) groups is 1. The molecule has 10 nitrogen and oxygen atoms in total. The first-order valence-electron chi connectivity index (χ1n) is 10.1. The Labute approximate surface area is 187 Å². The fourth-order valence-corrected chi connectivity index (χ4v) is 3.15. The van der Waals surface area contributed by atoms with Gasteiger partial charge in [0.25, 0.3) is 5.91 Å². The predicted molar refractivity (Wildman–Crippen MR) is 124 cm³/mol. The molecule has 2 N–H and O–H groups in total. The molecule has 3 rings (SSSR count). The second kappa shape index (κ2) is 9.99. The number of rotatable bonds is 9. The fourth-order valence-electron chi connectivity index (χ4n) is 3.15. The van der Waals surface area contributed by atoms with E-state index in [0.717, 1.165) is 11.4 Å². The summed E-state index contributed by atoms with van der Waals surface area (Å²) < 4.78 is 12.3. The first-order chi connectivity index (χ1) is 15.3. The Kier molecular flexibility index (Phi) is 7.14. The third-order valence-corrected chi connectivity index (χ3v) is 4.79. The molecule has 0 radical (unpaired) electrons. The fraction of sp³-hybridized carbons (Fsp3) is 0.364. The largest absolute Gasteiger partial charge is 0.497 e. The summed E-state index contributed by atoms with van der Waals surface area (Å²) in [5, 5.41) is 10.6. The molecule has 0 aliphatic carbocycles. The molecule has 3 aromatic rings. The molecule has 0 fully saturated rings. The molecular weight excluding hydrogens is 410 g/mol. The quantitative estimate of drug-likeness (QED) is 0.488. The van der Waals surface area contributed by atoms with E-state index in [0.29, 0.717) is 47.6 Å². The van der Waals surface area contributed by atoms with Crippen molar-refractivity contribution in [3.8, 4) is 22.8 Å². The molecule has 0 aliphatic heterocycles. The molecule has 0 aliphatic rings. The summed E-state index contributed by atoms with van der Waals surface area (Å²) in [6.45, 7) is 2.78. The predicted octanol–water partition coefficient (Wildman–Crippen LogP) is 2.11. The maximum absolute atomic E-state index is 12.7. The van der Waals surface area contributed by atoms with Crippen LogP contribution < -0.4 is 25.0 Å². The summed E-state index contributed by atoms with van der Waals surface area (Å²) >= 11 is 0. The van der Waals surface area contributed by atoms with Crippen LogP contribution in [0.2, 0.25) is 0 Å². The second-order valence-electron chi connectivity index (χ2n) is 7.34. The van der Waals surface area contributed by atoms with Gasteiger partial charge in [0.15, 0.2) is 0 Å².